The van der Waals surface area contributed by atoms with E-state index in [9.17, 15) is 9.59 Å². The van der Waals surface area contributed by atoms with Crippen LogP contribution in [0.4, 0.5) is 4.79 Å². The van der Waals surface area contributed by atoms with Gasteiger partial charge in [0.05, 0.1) is 7.11 Å². The van der Waals surface area contributed by atoms with Crippen molar-refractivity contribution in [1.29, 1.82) is 0 Å². The van der Waals surface area contributed by atoms with Crippen LogP contribution in [0, 0.1) is 5.92 Å². The third kappa shape index (κ3) is 6.43. The lowest BCUT2D eigenvalue weighted by Gasteiger charge is -2.34. The lowest BCUT2D eigenvalue weighted by Crippen LogP contribution is -2.54. The predicted octanol–water partition coefficient (Wildman–Crippen LogP) is 1.64. The first kappa shape index (κ1) is 21.0. The summed E-state index contributed by atoms with van der Waals surface area (Å²) < 4.78 is 5.23. The van der Waals surface area contributed by atoms with Crippen molar-refractivity contribution in [2.24, 2.45) is 5.92 Å². The molecule has 3 amide bonds. The fourth-order valence-corrected chi connectivity index (χ4v) is 3.14. The molecule has 7 heteroatoms. The van der Waals surface area contributed by atoms with Gasteiger partial charge in [-0.15, -0.1) is 0 Å². The van der Waals surface area contributed by atoms with Crippen molar-refractivity contribution in [3.8, 4) is 5.75 Å². The van der Waals surface area contributed by atoms with Gasteiger partial charge in [0.1, 0.15) is 12.3 Å². The van der Waals surface area contributed by atoms with Gasteiger partial charge in [-0.2, -0.15) is 0 Å². The summed E-state index contributed by atoms with van der Waals surface area (Å²) in [5.74, 6) is 1.11. The monoisotopic (exact) mass is 376 g/mol. The maximum absolute atomic E-state index is 12.5. The molecule has 1 N–H and O–H groups in total. The van der Waals surface area contributed by atoms with Crippen molar-refractivity contribution in [2.45, 2.75) is 20.4 Å². The highest BCUT2D eigenvalue weighted by Crippen LogP contribution is 2.16. The highest BCUT2D eigenvalue weighted by Gasteiger charge is 2.27. The van der Waals surface area contributed by atoms with Crippen molar-refractivity contribution >= 4 is 11.9 Å². The van der Waals surface area contributed by atoms with Crippen LogP contribution in [0.1, 0.15) is 19.4 Å². The van der Waals surface area contributed by atoms with E-state index in [2.05, 4.69) is 31.1 Å². The number of rotatable bonds is 8. The Morgan fingerprint density at radius 3 is 2.81 bits per heavy atom. The van der Waals surface area contributed by atoms with Crippen LogP contribution < -0.4 is 10.1 Å². The summed E-state index contributed by atoms with van der Waals surface area (Å²) in [5, 5.41) is 2.95. The van der Waals surface area contributed by atoms with Crippen LogP contribution in [0.2, 0.25) is 0 Å². The summed E-state index contributed by atoms with van der Waals surface area (Å²) in [6.07, 6.45) is 0. The van der Waals surface area contributed by atoms with Crippen molar-refractivity contribution in [3.63, 3.8) is 0 Å². The Hall–Kier alpha value is -2.28. The second kappa shape index (κ2) is 10.2. The van der Waals surface area contributed by atoms with Crippen LogP contribution in [-0.2, 0) is 11.3 Å². The van der Waals surface area contributed by atoms with Crippen LogP contribution >= 0.6 is 0 Å². The number of carbonyl (C=O) groups is 2. The van der Waals surface area contributed by atoms with E-state index in [1.807, 2.05) is 24.3 Å². The third-order valence-corrected chi connectivity index (χ3v) is 4.88. The van der Waals surface area contributed by atoms with Crippen molar-refractivity contribution in [2.75, 3.05) is 53.4 Å². The van der Waals surface area contributed by atoms with Crippen LogP contribution in [0.15, 0.2) is 24.3 Å². The molecule has 2 rings (SSSR count). The molecular weight excluding hydrogens is 344 g/mol. The molecule has 0 unspecified atom stereocenters. The molecule has 27 heavy (non-hydrogen) atoms. The van der Waals surface area contributed by atoms with Gasteiger partial charge in [0.25, 0.3) is 0 Å². The zero-order valence-electron chi connectivity index (χ0n) is 16.9. The first-order valence-corrected chi connectivity index (χ1v) is 9.55. The van der Waals surface area contributed by atoms with E-state index in [0.29, 0.717) is 32.1 Å². The van der Waals surface area contributed by atoms with Gasteiger partial charge < -0.3 is 24.8 Å². The van der Waals surface area contributed by atoms with E-state index in [1.165, 1.54) is 0 Å². The topological polar surface area (TPSA) is 65.1 Å². The van der Waals surface area contributed by atoms with Crippen molar-refractivity contribution in [1.82, 2.24) is 20.0 Å². The Bertz CT molecular complexity index is 637. The second-order valence-electron chi connectivity index (χ2n) is 7.23. The highest BCUT2D eigenvalue weighted by atomic mass is 16.5. The van der Waals surface area contributed by atoms with Gasteiger partial charge in [-0.3, -0.25) is 4.79 Å². The number of nitrogens with one attached hydrogen (secondary N) is 1. The number of nitrogens with zero attached hydrogens (tertiary/aromatic N) is 3. The minimum atomic E-state index is -0.157. The van der Waals surface area contributed by atoms with Crippen LogP contribution in [-0.4, -0.2) is 80.1 Å². The first-order chi connectivity index (χ1) is 12.9. The summed E-state index contributed by atoms with van der Waals surface area (Å²) in [5.41, 5.74) is 1.02. The van der Waals surface area contributed by atoms with Crippen molar-refractivity contribution in [3.05, 3.63) is 29.8 Å². The normalized spacial score (nSPS) is 15.8. The van der Waals surface area contributed by atoms with Gasteiger partial charge in [0.2, 0.25) is 5.91 Å². The van der Waals surface area contributed by atoms with Gasteiger partial charge in [-0.25, -0.2) is 4.79 Å². The molecule has 1 aliphatic rings. The smallest absolute Gasteiger partial charge is 0.317 e. The number of urea groups is 1. The zero-order valence-corrected chi connectivity index (χ0v) is 16.9. The molecule has 1 aliphatic heterocycles. The zero-order chi connectivity index (χ0) is 19.8. The molecule has 0 spiro atoms. The average Bonchev–Trinajstić information content (AvgIpc) is 2.67. The molecule has 0 aliphatic carbocycles. The molecule has 0 radical (unpaired) electrons. The Morgan fingerprint density at radius 2 is 2.15 bits per heavy atom. The van der Waals surface area contributed by atoms with E-state index < -0.39 is 0 Å². The molecule has 1 saturated heterocycles. The molecule has 0 aromatic heterocycles. The van der Waals surface area contributed by atoms with Gasteiger partial charge in [-0.1, -0.05) is 26.0 Å². The summed E-state index contributed by atoms with van der Waals surface area (Å²) >= 11 is 0. The van der Waals surface area contributed by atoms with Crippen LogP contribution in [0.3, 0.4) is 0 Å². The molecule has 7 nitrogen and oxygen atoms in total. The lowest BCUT2D eigenvalue weighted by atomic mass is 10.1. The molecule has 1 aromatic carbocycles. The van der Waals surface area contributed by atoms with Crippen LogP contribution in [0.5, 0.6) is 5.75 Å². The minimum Gasteiger partial charge on any atom is -0.497 e. The molecular formula is C20H32N4O3. The number of hydrogen-bond donors (Lipinski definition) is 1. The maximum atomic E-state index is 12.5. The first-order valence-electron chi connectivity index (χ1n) is 9.55. The molecule has 150 valence electrons. The molecule has 1 heterocycles. The summed E-state index contributed by atoms with van der Waals surface area (Å²) in [7, 11) is 3.70. The predicted molar refractivity (Wildman–Crippen MR) is 106 cm³/mol. The van der Waals surface area contributed by atoms with E-state index in [0.717, 1.165) is 24.4 Å². The van der Waals surface area contributed by atoms with Gasteiger partial charge in [-0.05, 0) is 37.2 Å². The number of piperazine rings is 1. The van der Waals surface area contributed by atoms with Crippen molar-refractivity contribution < 1.29 is 14.3 Å². The standard InChI is InChI=1S/C20H32N4O3/c1-5-22(3)13-16(2)12-21-20(26)24-10-9-23(19(25)15-24)14-17-7-6-8-18(11-17)27-4/h6-8,11,16H,5,9-10,12-15H2,1-4H3,(H,21,26)/t16-/m1/s1. The van der Waals surface area contributed by atoms with E-state index in [-0.39, 0.29) is 18.5 Å². The lowest BCUT2D eigenvalue weighted by molar-refractivity contribution is -0.135. The second-order valence-corrected chi connectivity index (χ2v) is 7.23. The van der Waals surface area contributed by atoms with Gasteiger partial charge in [0, 0.05) is 32.7 Å². The van der Waals surface area contributed by atoms with Crippen LogP contribution in [0.25, 0.3) is 0 Å². The number of hydrogen-bond acceptors (Lipinski definition) is 4. The summed E-state index contributed by atoms with van der Waals surface area (Å²) in [6.45, 7) is 8.51. The molecule has 1 fully saturated rings. The van der Waals surface area contributed by atoms with E-state index in [4.69, 9.17) is 4.74 Å². The fourth-order valence-electron chi connectivity index (χ4n) is 3.14. The average molecular weight is 377 g/mol. The quantitative estimate of drug-likeness (QED) is 0.749. The Kier molecular flexibility index (Phi) is 7.91. The molecule has 1 atom stereocenters. The third-order valence-electron chi connectivity index (χ3n) is 4.88. The number of methoxy groups -OCH3 is 1. The fraction of sp³-hybridized carbons (Fsp3) is 0.600. The van der Waals surface area contributed by atoms with Gasteiger partial charge in [0.15, 0.2) is 0 Å². The SMILES string of the molecule is CCN(C)C[C@H](C)CNC(=O)N1CCN(Cc2cccc(OC)c2)C(=O)C1. The minimum absolute atomic E-state index is 0.0296. The number of ether oxygens (including phenoxy) is 1. The maximum Gasteiger partial charge on any atom is 0.317 e. The number of benzene rings is 1. The largest absolute Gasteiger partial charge is 0.497 e. The molecule has 0 bridgehead atoms. The Labute approximate surface area is 162 Å². The summed E-state index contributed by atoms with van der Waals surface area (Å²) in [6, 6.07) is 7.55. The highest BCUT2D eigenvalue weighted by molar-refractivity contribution is 5.85. The Morgan fingerprint density at radius 1 is 1.37 bits per heavy atom. The van der Waals surface area contributed by atoms with Gasteiger partial charge >= 0.3 is 6.03 Å². The number of amides is 3. The Balaban J connectivity index is 1.79. The summed E-state index contributed by atoms with van der Waals surface area (Å²) in [4.78, 5) is 30.4. The molecule has 1 aromatic rings. The van der Waals surface area contributed by atoms with E-state index >= 15 is 0 Å². The number of carbonyl (C=O) groups excluding carboxylic acids is 2. The molecule has 0 saturated carbocycles. The van der Waals surface area contributed by atoms with E-state index in [1.54, 1.807) is 16.9 Å².